The summed E-state index contributed by atoms with van der Waals surface area (Å²) in [6, 6.07) is 8.37. The van der Waals surface area contributed by atoms with Crippen LogP contribution in [0.1, 0.15) is 29.4 Å². The van der Waals surface area contributed by atoms with Gasteiger partial charge in [-0.15, -0.1) is 0 Å². The monoisotopic (exact) mass is 365 g/mol. The highest BCUT2D eigenvalue weighted by molar-refractivity contribution is 6.05. The Labute approximate surface area is 152 Å². The van der Waals surface area contributed by atoms with Crippen molar-refractivity contribution < 1.29 is 9.32 Å². The molecule has 1 amide bonds. The lowest BCUT2D eigenvalue weighted by atomic mass is 10.1. The van der Waals surface area contributed by atoms with Gasteiger partial charge >= 0.3 is 5.69 Å². The van der Waals surface area contributed by atoms with Gasteiger partial charge < -0.3 is 9.84 Å². The van der Waals surface area contributed by atoms with Crippen LogP contribution in [0.4, 0.5) is 5.69 Å². The number of benzene rings is 1. The Bertz CT molecular complexity index is 1160. The van der Waals surface area contributed by atoms with Crippen LogP contribution in [0, 0.1) is 0 Å². The van der Waals surface area contributed by atoms with Crippen molar-refractivity contribution in [2.75, 3.05) is 5.32 Å². The quantitative estimate of drug-likeness (QED) is 0.550. The Hall–Kier alpha value is -3.82. The van der Waals surface area contributed by atoms with Gasteiger partial charge in [0, 0.05) is 11.9 Å². The van der Waals surface area contributed by atoms with E-state index in [1.165, 1.54) is 6.20 Å². The third-order valence-corrected chi connectivity index (χ3v) is 4.00. The van der Waals surface area contributed by atoms with Gasteiger partial charge in [-0.3, -0.25) is 4.79 Å². The van der Waals surface area contributed by atoms with Gasteiger partial charge in [0.2, 0.25) is 0 Å². The first kappa shape index (κ1) is 16.6. The molecule has 2 N–H and O–H groups in total. The fourth-order valence-corrected chi connectivity index (χ4v) is 2.68. The average molecular weight is 365 g/mol. The standard InChI is InChI=1S/C17H15N7O3/c1-2-3-14-13-8-10(9-18-16(13)27-21-14)15(25)19-11-4-6-12(7-5-11)24-17(26)20-22-23-24/h4-9H,2-3H2,1H3,(H,19,25)(H,20,23,26). The van der Waals surface area contributed by atoms with E-state index < -0.39 is 5.69 Å². The molecule has 0 bridgehead atoms. The van der Waals surface area contributed by atoms with E-state index >= 15 is 0 Å². The van der Waals surface area contributed by atoms with Crippen LogP contribution in [0.5, 0.6) is 0 Å². The van der Waals surface area contributed by atoms with Crippen LogP contribution in [-0.2, 0) is 6.42 Å². The molecule has 10 heteroatoms. The van der Waals surface area contributed by atoms with E-state index in [9.17, 15) is 9.59 Å². The molecular weight excluding hydrogens is 350 g/mol. The number of rotatable bonds is 5. The first-order chi connectivity index (χ1) is 13.2. The molecule has 0 spiro atoms. The molecule has 3 aromatic heterocycles. The number of pyridine rings is 1. The summed E-state index contributed by atoms with van der Waals surface area (Å²) in [4.78, 5) is 28.2. The minimum Gasteiger partial charge on any atom is -0.336 e. The molecule has 1 aromatic carbocycles. The number of aromatic nitrogens is 6. The number of carbonyl (C=O) groups excluding carboxylic acids is 1. The summed E-state index contributed by atoms with van der Waals surface area (Å²) in [5.74, 6) is -0.306. The van der Waals surface area contributed by atoms with E-state index in [1.807, 2.05) is 6.92 Å². The highest BCUT2D eigenvalue weighted by Gasteiger charge is 2.13. The smallest absolute Gasteiger partial charge is 0.336 e. The fourth-order valence-electron chi connectivity index (χ4n) is 2.68. The van der Waals surface area contributed by atoms with Gasteiger partial charge in [0.25, 0.3) is 11.6 Å². The molecule has 4 aromatic rings. The SMILES string of the molecule is CCCc1noc2ncc(C(=O)Nc3ccc(-n4nn[nH]c4=O)cc3)cc12. The zero-order valence-electron chi connectivity index (χ0n) is 14.3. The van der Waals surface area contributed by atoms with Gasteiger partial charge in [-0.05, 0) is 47.2 Å². The molecular formula is C17H15N7O3. The van der Waals surface area contributed by atoms with Crippen molar-refractivity contribution >= 4 is 22.7 Å². The fraction of sp³-hybridized carbons (Fsp3) is 0.176. The van der Waals surface area contributed by atoms with Crippen molar-refractivity contribution in [3.05, 3.63) is 58.3 Å². The van der Waals surface area contributed by atoms with Gasteiger partial charge in [-0.1, -0.05) is 18.5 Å². The molecule has 0 fully saturated rings. The molecule has 27 heavy (non-hydrogen) atoms. The lowest BCUT2D eigenvalue weighted by Gasteiger charge is -2.06. The van der Waals surface area contributed by atoms with E-state index in [0.29, 0.717) is 22.7 Å². The van der Waals surface area contributed by atoms with Crippen LogP contribution >= 0.6 is 0 Å². The second-order valence-corrected chi connectivity index (χ2v) is 5.88. The predicted molar refractivity (Wildman–Crippen MR) is 95.7 cm³/mol. The minimum absolute atomic E-state index is 0.306. The number of fused-ring (bicyclic) bond motifs is 1. The summed E-state index contributed by atoms with van der Waals surface area (Å²) in [7, 11) is 0. The molecule has 0 aliphatic heterocycles. The van der Waals surface area contributed by atoms with Crippen LogP contribution in [0.25, 0.3) is 16.8 Å². The average Bonchev–Trinajstić information content (AvgIpc) is 3.29. The van der Waals surface area contributed by atoms with Gasteiger partial charge in [-0.2, -0.15) is 4.68 Å². The van der Waals surface area contributed by atoms with Crippen LogP contribution < -0.4 is 11.0 Å². The Kier molecular flexibility index (Phi) is 4.21. The normalized spacial score (nSPS) is 11.0. The molecule has 0 saturated carbocycles. The largest absolute Gasteiger partial charge is 0.365 e. The number of amides is 1. The Morgan fingerprint density at radius 1 is 1.30 bits per heavy atom. The predicted octanol–water partition coefficient (Wildman–Crippen LogP) is 1.70. The maximum atomic E-state index is 12.5. The number of nitrogens with one attached hydrogen (secondary N) is 2. The summed E-state index contributed by atoms with van der Waals surface area (Å²) in [5.41, 5.74) is 2.26. The lowest BCUT2D eigenvalue weighted by molar-refractivity contribution is 0.102. The Morgan fingerprint density at radius 2 is 2.11 bits per heavy atom. The summed E-state index contributed by atoms with van der Waals surface area (Å²) >= 11 is 0. The van der Waals surface area contributed by atoms with Crippen LogP contribution in [0.3, 0.4) is 0 Å². The van der Waals surface area contributed by atoms with Crippen LogP contribution in [0.2, 0.25) is 0 Å². The molecule has 0 unspecified atom stereocenters. The summed E-state index contributed by atoms with van der Waals surface area (Å²) in [6.45, 7) is 2.04. The molecule has 0 radical (unpaired) electrons. The summed E-state index contributed by atoms with van der Waals surface area (Å²) in [5, 5.41) is 16.8. The van der Waals surface area contributed by atoms with Gasteiger partial charge in [-0.25, -0.2) is 14.9 Å². The van der Waals surface area contributed by atoms with Gasteiger partial charge in [0.15, 0.2) is 0 Å². The van der Waals surface area contributed by atoms with E-state index in [1.54, 1.807) is 30.3 Å². The first-order valence-corrected chi connectivity index (χ1v) is 8.32. The van der Waals surface area contributed by atoms with Gasteiger partial charge in [0.05, 0.1) is 22.3 Å². The number of anilines is 1. The number of tetrazole rings is 1. The third-order valence-electron chi connectivity index (χ3n) is 4.00. The van der Waals surface area contributed by atoms with E-state index in [2.05, 4.69) is 31.0 Å². The number of carbonyl (C=O) groups is 1. The van der Waals surface area contributed by atoms with Crippen molar-refractivity contribution in [3.8, 4) is 5.69 Å². The highest BCUT2D eigenvalue weighted by Crippen LogP contribution is 2.20. The summed E-state index contributed by atoms with van der Waals surface area (Å²) in [6.07, 6.45) is 3.11. The Balaban J connectivity index is 1.55. The lowest BCUT2D eigenvalue weighted by Crippen LogP contribution is -2.16. The van der Waals surface area contributed by atoms with E-state index in [0.717, 1.165) is 28.6 Å². The van der Waals surface area contributed by atoms with Crippen LogP contribution in [0.15, 0.2) is 45.8 Å². The van der Waals surface area contributed by atoms with E-state index in [-0.39, 0.29) is 5.91 Å². The molecule has 3 heterocycles. The Morgan fingerprint density at radius 3 is 2.81 bits per heavy atom. The van der Waals surface area contributed by atoms with Gasteiger partial charge in [0.1, 0.15) is 0 Å². The number of aryl methyl sites for hydroxylation is 1. The number of nitrogens with zero attached hydrogens (tertiary/aromatic N) is 5. The van der Waals surface area contributed by atoms with Crippen molar-refractivity contribution in [2.45, 2.75) is 19.8 Å². The topological polar surface area (TPSA) is 132 Å². The molecule has 136 valence electrons. The molecule has 0 atom stereocenters. The molecule has 0 aliphatic rings. The van der Waals surface area contributed by atoms with Crippen molar-refractivity contribution in [1.29, 1.82) is 0 Å². The highest BCUT2D eigenvalue weighted by atomic mass is 16.5. The molecule has 0 aliphatic carbocycles. The second-order valence-electron chi connectivity index (χ2n) is 5.88. The first-order valence-electron chi connectivity index (χ1n) is 8.32. The van der Waals surface area contributed by atoms with Crippen molar-refractivity contribution in [3.63, 3.8) is 0 Å². The number of aromatic amines is 1. The zero-order valence-corrected chi connectivity index (χ0v) is 14.3. The van der Waals surface area contributed by atoms with Crippen LogP contribution in [-0.4, -0.2) is 36.3 Å². The summed E-state index contributed by atoms with van der Waals surface area (Å²) < 4.78 is 6.29. The minimum atomic E-state index is -0.442. The molecule has 10 nitrogen and oxygen atoms in total. The number of hydrogen-bond donors (Lipinski definition) is 2. The van der Waals surface area contributed by atoms with E-state index in [4.69, 9.17) is 4.52 Å². The van der Waals surface area contributed by atoms with Crippen molar-refractivity contribution in [1.82, 2.24) is 30.3 Å². The zero-order chi connectivity index (χ0) is 18.8. The second kappa shape index (κ2) is 6.83. The number of hydrogen-bond acceptors (Lipinski definition) is 7. The molecule has 0 saturated heterocycles. The maximum Gasteiger partial charge on any atom is 0.365 e. The van der Waals surface area contributed by atoms with Crippen molar-refractivity contribution in [2.24, 2.45) is 0 Å². The molecule has 4 rings (SSSR count). The maximum absolute atomic E-state index is 12.5. The number of H-pyrrole nitrogens is 1. The third kappa shape index (κ3) is 3.19.